The van der Waals surface area contributed by atoms with E-state index in [1.54, 1.807) is 13.1 Å². The third-order valence-corrected chi connectivity index (χ3v) is 3.69. The van der Waals surface area contributed by atoms with Gasteiger partial charge in [0.05, 0.1) is 10.9 Å². The van der Waals surface area contributed by atoms with E-state index in [0.717, 1.165) is 15.1 Å². The number of carboxylic acid groups (broad SMARTS) is 1. The molecule has 0 spiro atoms. The summed E-state index contributed by atoms with van der Waals surface area (Å²) in [7, 11) is 0. The van der Waals surface area contributed by atoms with Crippen molar-refractivity contribution in [3.8, 4) is 0 Å². The number of carbonyl (C=O) groups is 1. The van der Waals surface area contributed by atoms with Crippen LogP contribution in [-0.2, 0) is 4.79 Å². The highest BCUT2D eigenvalue weighted by Crippen LogP contribution is 2.24. The number of carboxylic acids is 1. The number of aryl methyl sites for hydroxylation is 1. The van der Waals surface area contributed by atoms with Gasteiger partial charge in [0.1, 0.15) is 0 Å². The Balaban J connectivity index is 2.62. The number of nitrogens with zero attached hydrogens (tertiary/aromatic N) is 1. The Morgan fingerprint density at radius 1 is 1.73 bits per heavy atom. The molecule has 0 aliphatic carbocycles. The summed E-state index contributed by atoms with van der Waals surface area (Å²) in [5.41, 5.74) is 1.06. The molecule has 1 aromatic rings. The molecule has 0 radical (unpaired) electrons. The van der Waals surface area contributed by atoms with Gasteiger partial charge >= 0.3 is 5.97 Å². The van der Waals surface area contributed by atoms with Crippen LogP contribution in [0.2, 0.25) is 0 Å². The van der Waals surface area contributed by atoms with Crippen molar-refractivity contribution in [2.24, 2.45) is 5.92 Å². The van der Waals surface area contributed by atoms with Crippen molar-refractivity contribution in [3.05, 3.63) is 22.3 Å². The Kier molecular flexibility index (Phi) is 4.60. The fourth-order valence-electron chi connectivity index (χ4n) is 0.954. The zero-order valence-corrected chi connectivity index (χ0v) is 10.9. The summed E-state index contributed by atoms with van der Waals surface area (Å²) in [4.78, 5) is 14.9. The lowest BCUT2D eigenvalue weighted by Crippen LogP contribution is -2.11. The van der Waals surface area contributed by atoms with E-state index in [1.165, 1.54) is 11.8 Å². The van der Waals surface area contributed by atoms with Crippen LogP contribution in [0.4, 0.5) is 0 Å². The molecule has 1 N–H and O–H groups in total. The Labute approximate surface area is 101 Å². The lowest BCUT2D eigenvalue weighted by Gasteiger charge is -2.07. The minimum atomic E-state index is -0.766. The zero-order valence-electron chi connectivity index (χ0n) is 8.53. The first-order chi connectivity index (χ1) is 7.00. The molecule has 5 heteroatoms. The van der Waals surface area contributed by atoms with E-state index in [2.05, 4.69) is 20.9 Å². The van der Waals surface area contributed by atoms with E-state index >= 15 is 0 Å². The Morgan fingerprint density at radius 3 is 2.93 bits per heavy atom. The van der Waals surface area contributed by atoms with Crippen LogP contribution in [0.25, 0.3) is 0 Å². The van der Waals surface area contributed by atoms with Gasteiger partial charge in [0.2, 0.25) is 0 Å². The van der Waals surface area contributed by atoms with Gasteiger partial charge in [-0.15, -0.1) is 11.8 Å². The highest BCUT2D eigenvalue weighted by atomic mass is 79.9. The average molecular weight is 290 g/mol. The number of rotatable bonds is 4. The number of pyridine rings is 1. The van der Waals surface area contributed by atoms with Gasteiger partial charge in [-0.2, -0.15) is 0 Å². The minimum Gasteiger partial charge on any atom is -0.481 e. The molecule has 1 heterocycles. The average Bonchev–Trinajstić information content (AvgIpc) is 2.15. The highest BCUT2D eigenvalue weighted by Gasteiger charge is 2.12. The van der Waals surface area contributed by atoms with Crippen LogP contribution < -0.4 is 0 Å². The molecule has 1 aromatic heterocycles. The van der Waals surface area contributed by atoms with Crippen molar-refractivity contribution in [1.82, 2.24) is 4.98 Å². The maximum absolute atomic E-state index is 10.6. The van der Waals surface area contributed by atoms with Crippen molar-refractivity contribution in [1.29, 1.82) is 0 Å². The van der Waals surface area contributed by atoms with Gasteiger partial charge in [0.15, 0.2) is 0 Å². The number of hydrogen-bond donors (Lipinski definition) is 1. The van der Waals surface area contributed by atoms with Crippen molar-refractivity contribution in [3.63, 3.8) is 0 Å². The summed E-state index contributed by atoms with van der Waals surface area (Å²) >= 11 is 4.81. The molecular formula is C10H12BrNO2S. The molecule has 0 aliphatic heterocycles. The number of thioether (sulfide) groups is 1. The number of aliphatic carboxylic acids is 1. The van der Waals surface area contributed by atoms with E-state index < -0.39 is 5.97 Å². The summed E-state index contributed by atoms with van der Waals surface area (Å²) in [5, 5.41) is 9.63. The fraction of sp³-hybridized carbons (Fsp3) is 0.400. The molecule has 0 saturated carbocycles. The molecule has 0 amide bonds. The van der Waals surface area contributed by atoms with Crippen LogP contribution in [0.1, 0.15) is 12.5 Å². The predicted octanol–water partition coefficient (Wildman–Crippen LogP) is 2.97. The maximum atomic E-state index is 10.6. The van der Waals surface area contributed by atoms with Crippen LogP contribution in [0.5, 0.6) is 0 Å². The highest BCUT2D eigenvalue weighted by molar-refractivity contribution is 9.10. The molecule has 0 bridgehead atoms. The molecule has 0 fully saturated rings. The molecule has 1 atom stereocenters. The van der Waals surface area contributed by atoms with E-state index in [1.807, 2.05) is 13.0 Å². The predicted molar refractivity (Wildman–Crippen MR) is 64.2 cm³/mol. The molecule has 1 rings (SSSR count). The van der Waals surface area contributed by atoms with Gasteiger partial charge in [0.25, 0.3) is 0 Å². The van der Waals surface area contributed by atoms with E-state index in [4.69, 9.17) is 5.11 Å². The largest absolute Gasteiger partial charge is 0.481 e. The topological polar surface area (TPSA) is 50.2 Å². The number of hydrogen-bond acceptors (Lipinski definition) is 3. The smallest absolute Gasteiger partial charge is 0.307 e. The first-order valence-corrected chi connectivity index (χ1v) is 6.26. The molecule has 0 aliphatic rings. The van der Waals surface area contributed by atoms with Crippen molar-refractivity contribution in [2.75, 3.05) is 5.75 Å². The second-order valence-electron chi connectivity index (χ2n) is 3.33. The second-order valence-corrected chi connectivity index (χ2v) is 5.25. The third kappa shape index (κ3) is 3.83. The Bertz CT molecular complexity index is 370. The Hall–Kier alpha value is -0.550. The van der Waals surface area contributed by atoms with Gasteiger partial charge < -0.3 is 5.11 Å². The van der Waals surface area contributed by atoms with Crippen molar-refractivity contribution >= 4 is 33.7 Å². The van der Waals surface area contributed by atoms with Gasteiger partial charge in [-0.25, -0.2) is 4.98 Å². The maximum Gasteiger partial charge on any atom is 0.307 e. The third-order valence-electron chi connectivity index (χ3n) is 1.89. The van der Waals surface area contributed by atoms with E-state index in [-0.39, 0.29) is 5.92 Å². The molecule has 0 saturated heterocycles. The standard InChI is InChI=1S/C10H12BrNO2S/c1-6-3-8(11)4-12-9(6)15-5-7(2)10(13)14/h3-4,7H,5H2,1-2H3,(H,13,14). The Morgan fingerprint density at radius 2 is 2.40 bits per heavy atom. The first kappa shape index (κ1) is 12.5. The van der Waals surface area contributed by atoms with E-state index in [0.29, 0.717) is 5.75 Å². The summed E-state index contributed by atoms with van der Waals surface area (Å²) in [5.74, 6) is -0.567. The molecule has 0 aromatic carbocycles. The number of aromatic nitrogens is 1. The quantitative estimate of drug-likeness (QED) is 0.866. The number of halogens is 1. The van der Waals surface area contributed by atoms with Gasteiger partial charge in [0, 0.05) is 16.4 Å². The summed E-state index contributed by atoms with van der Waals surface area (Å²) < 4.78 is 0.940. The van der Waals surface area contributed by atoms with Gasteiger partial charge in [-0.1, -0.05) is 6.92 Å². The lowest BCUT2D eigenvalue weighted by molar-refractivity contribution is -0.140. The van der Waals surface area contributed by atoms with Crippen LogP contribution in [0, 0.1) is 12.8 Å². The molecule has 3 nitrogen and oxygen atoms in total. The van der Waals surface area contributed by atoms with Crippen LogP contribution >= 0.6 is 27.7 Å². The SMILES string of the molecule is Cc1cc(Br)cnc1SCC(C)C(=O)O. The van der Waals surface area contributed by atoms with Crippen LogP contribution in [0.3, 0.4) is 0 Å². The summed E-state index contributed by atoms with van der Waals surface area (Å²) in [6.07, 6.45) is 1.72. The van der Waals surface area contributed by atoms with Crippen molar-refractivity contribution < 1.29 is 9.90 Å². The van der Waals surface area contributed by atoms with Gasteiger partial charge in [-0.05, 0) is 34.5 Å². The van der Waals surface area contributed by atoms with Gasteiger partial charge in [-0.3, -0.25) is 4.79 Å². The molecule has 15 heavy (non-hydrogen) atoms. The van der Waals surface area contributed by atoms with Crippen LogP contribution in [0.15, 0.2) is 21.8 Å². The second kappa shape index (κ2) is 5.51. The first-order valence-electron chi connectivity index (χ1n) is 4.48. The summed E-state index contributed by atoms with van der Waals surface area (Å²) in [6.45, 7) is 3.66. The minimum absolute atomic E-state index is 0.347. The van der Waals surface area contributed by atoms with E-state index in [9.17, 15) is 4.79 Å². The fourth-order valence-corrected chi connectivity index (χ4v) is 2.36. The monoisotopic (exact) mass is 289 g/mol. The molecule has 1 unspecified atom stereocenters. The van der Waals surface area contributed by atoms with Crippen LogP contribution in [-0.4, -0.2) is 21.8 Å². The zero-order chi connectivity index (χ0) is 11.4. The van der Waals surface area contributed by atoms with Crippen molar-refractivity contribution in [2.45, 2.75) is 18.9 Å². The normalized spacial score (nSPS) is 12.5. The summed E-state index contributed by atoms with van der Waals surface area (Å²) in [6, 6.07) is 1.97. The molecular weight excluding hydrogens is 278 g/mol. The molecule has 82 valence electrons. The lowest BCUT2D eigenvalue weighted by atomic mass is 10.2.